The summed E-state index contributed by atoms with van der Waals surface area (Å²) in [4.78, 5) is 16.9. The minimum Gasteiger partial charge on any atom is -0.414 e. The highest BCUT2D eigenvalue weighted by molar-refractivity contribution is 7.14. The molecule has 0 fully saturated rings. The fourth-order valence-electron chi connectivity index (χ4n) is 9.78. The first-order chi connectivity index (χ1) is 33.2. The summed E-state index contributed by atoms with van der Waals surface area (Å²) >= 11 is 1.61. The number of hydrogen-bond donors (Lipinski definition) is 0. The molecular formula is C59H49BF2N5OS. The number of halogens is 2. The number of aliphatic imine (C=N–C) groups is 3. The van der Waals surface area contributed by atoms with Crippen LogP contribution >= 0.6 is 11.3 Å². The molecule has 0 bridgehead atoms. The van der Waals surface area contributed by atoms with Crippen molar-refractivity contribution < 1.29 is 18.2 Å². The van der Waals surface area contributed by atoms with Crippen molar-refractivity contribution in [3.63, 3.8) is 0 Å². The molecule has 2 aromatic heterocycles. The molecule has 1 radical (unpaired) electrons. The number of amidine groups is 1. The summed E-state index contributed by atoms with van der Waals surface area (Å²) in [7, 11) is 0. The maximum atomic E-state index is 17.9. The van der Waals surface area contributed by atoms with Gasteiger partial charge in [0.25, 0.3) is 5.84 Å². The van der Waals surface area contributed by atoms with Crippen LogP contribution in [0.1, 0.15) is 86.0 Å². The summed E-state index contributed by atoms with van der Waals surface area (Å²) in [5.74, 6) is 0.497. The van der Waals surface area contributed by atoms with Crippen LogP contribution in [-0.4, -0.2) is 38.9 Å². The van der Waals surface area contributed by atoms with E-state index in [2.05, 4.69) is 77.3 Å². The molecule has 69 heavy (non-hydrogen) atoms. The number of fused-ring (bicyclic) bond motifs is 2. The van der Waals surface area contributed by atoms with Gasteiger partial charge in [0, 0.05) is 39.1 Å². The van der Waals surface area contributed by atoms with Gasteiger partial charge in [-0.05, 0) is 79.4 Å². The number of hydrogen-bond acceptors (Lipinski definition) is 4. The molecule has 6 nitrogen and oxygen atoms in total. The smallest absolute Gasteiger partial charge is 0.414 e. The standard InChI is InChI=1S/C59H49BF2N5OS/c1-58(2,3)47-33-43(34-48(53(47)68)59(4,5)6)44-31-32-69-54(44)52-51(41-25-17-10-18-26-41)63-55(64-52)42-29-27-38(28-30-42)46-36-50(40-23-15-9-16-24-40)67-57(46)65-56-45(37-19-11-7-12-20-37)35-49(66(56)60(67,61)62)39-21-13-8-14-22-39/h7-36,55H,1-6H3. The average Bonchev–Trinajstić information content (AvgIpc) is 4.17. The molecule has 11 rings (SSSR count). The molecule has 0 aliphatic carbocycles. The Morgan fingerprint density at radius 2 is 1.12 bits per heavy atom. The number of rotatable bonds is 8. The van der Waals surface area contributed by atoms with Gasteiger partial charge in [0.05, 0.1) is 21.9 Å². The molecule has 1 unspecified atom stereocenters. The SMILES string of the molecule is CC(C)(C)c1cc(-c2ccsc2C2=NC(c3ccc(-c4cc(-c5ccccc5)n5c4N=C4C(c6ccccc6)=CC(c6ccccc6)=[N+]4[B-]5(F)F)cc3)N=C2c2ccccc2)cc(C(C)(C)C)c1[O]. The Hall–Kier alpha value is -7.56. The molecule has 1 atom stereocenters. The van der Waals surface area contributed by atoms with Crippen molar-refractivity contribution in [1.82, 2.24) is 4.48 Å². The molecule has 10 heteroatoms. The van der Waals surface area contributed by atoms with Crippen molar-refractivity contribution in [2.75, 3.05) is 0 Å². The van der Waals surface area contributed by atoms with Gasteiger partial charge in [-0.1, -0.05) is 187 Å². The Labute approximate surface area is 405 Å². The second-order valence-electron chi connectivity index (χ2n) is 20.0. The van der Waals surface area contributed by atoms with Gasteiger partial charge in [0.2, 0.25) is 5.82 Å². The summed E-state index contributed by atoms with van der Waals surface area (Å²) in [5, 5.41) is 16.0. The molecular weight excluding hydrogens is 876 g/mol. The van der Waals surface area contributed by atoms with Crippen LogP contribution in [0.3, 0.4) is 0 Å². The monoisotopic (exact) mass is 924 g/mol. The van der Waals surface area contributed by atoms with E-state index in [-0.39, 0.29) is 28.2 Å². The van der Waals surface area contributed by atoms with Crippen LogP contribution in [0.25, 0.3) is 39.1 Å². The molecule has 339 valence electrons. The van der Waals surface area contributed by atoms with E-state index in [4.69, 9.17) is 15.0 Å². The molecule has 0 saturated carbocycles. The van der Waals surface area contributed by atoms with Crippen molar-refractivity contribution in [2.24, 2.45) is 15.0 Å². The molecule has 0 saturated heterocycles. The number of nitrogens with zero attached hydrogens (tertiary/aromatic N) is 5. The van der Waals surface area contributed by atoms with Gasteiger partial charge in [0.15, 0.2) is 11.9 Å². The maximum absolute atomic E-state index is 17.9. The highest BCUT2D eigenvalue weighted by atomic mass is 32.1. The highest BCUT2D eigenvalue weighted by Gasteiger charge is 2.53. The lowest BCUT2D eigenvalue weighted by Crippen LogP contribution is -2.53. The molecule has 0 spiro atoms. The van der Waals surface area contributed by atoms with E-state index in [1.165, 1.54) is 0 Å². The average molecular weight is 925 g/mol. The fraction of sp³-hybridized carbons (Fsp3) is 0.153. The first-order valence-electron chi connectivity index (χ1n) is 23.3. The largest absolute Gasteiger partial charge is 0.642 e. The van der Waals surface area contributed by atoms with E-state index in [9.17, 15) is 5.11 Å². The molecule has 3 aliphatic rings. The van der Waals surface area contributed by atoms with Crippen LogP contribution in [-0.2, 0) is 15.9 Å². The van der Waals surface area contributed by atoms with Gasteiger partial charge in [-0.3, -0.25) is 15.1 Å². The van der Waals surface area contributed by atoms with E-state index in [0.717, 1.165) is 69.8 Å². The maximum Gasteiger partial charge on any atom is 0.642 e. The molecule has 6 aromatic carbocycles. The second kappa shape index (κ2) is 16.6. The van der Waals surface area contributed by atoms with E-state index >= 15 is 8.63 Å². The Bertz CT molecular complexity index is 3430. The Balaban J connectivity index is 1.03. The number of benzene rings is 6. The van der Waals surface area contributed by atoms with E-state index < -0.39 is 13.1 Å². The summed E-state index contributed by atoms with van der Waals surface area (Å²) in [6, 6.07) is 54.5. The first kappa shape index (κ1) is 44.0. The first-order valence-corrected chi connectivity index (χ1v) is 24.2. The number of thiophene rings is 1. The summed E-state index contributed by atoms with van der Waals surface area (Å²) in [5.41, 5.74) is 11.1. The lowest BCUT2D eigenvalue weighted by Gasteiger charge is -2.32. The predicted molar refractivity (Wildman–Crippen MR) is 281 cm³/mol. The molecule has 0 amide bonds. The van der Waals surface area contributed by atoms with Gasteiger partial charge in [0.1, 0.15) is 5.71 Å². The van der Waals surface area contributed by atoms with E-state index in [0.29, 0.717) is 33.7 Å². The van der Waals surface area contributed by atoms with Gasteiger partial charge in [-0.15, -0.1) is 11.3 Å². The topological polar surface area (TPSA) is 64.9 Å². The summed E-state index contributed by atoms with van der Waals surface area (Å²) < 4.78 is 38.1. The minimum atomic E-state index is -4.47. The summed E-state index contributed by atoms with van der Waals surface area (Å²) in [6.45, 7) is 8.07. The third-order valence-corrected chi connectivity index (χ3v) is 14.2. The van der Waals surface area contributed by atoms with Crippen LogP contribution < -0.4 is 0 Å². The van der Waals surface area contributed by atoms with Crippen LogP contribution in [0, 0.1) is 0 Å². The zero-order chi connectivity index (χ0) is 47.8. The van der Waals surface area contributed by atoms with Crippen LogP contribution in [0.5, 0.6) is 5.75 Å². The minimum absolute atomic E-state index is 0.0907. The Morgan fingerprint density at radius 1 is 0.580 bits per heavy atom. The Kier molecular flexibility index (Phi) is 10.6. The lowest BCUT2D eigenvalue weighted by molar-refractivity contribution is -0.291. The second-order valence-corrected chi connectivity index (χ2v) is 20.9. The number of allylic oxidation sites excluding steroid dienone is 1. The van der Waals surface area contributed by atoms with Crippen LogP contribution in [0.15, 0.2) is 196 Å². The van der Waals surface area contributed by atoms with Gasteiger partial charge in [-0.25, -0.2) is 0 Å². The third kappa shape index (κ3) is 7.64. The fourth-order valence-corrected chi connectivity index (χ4v) is 10.7. The van der Waals surface area contributed by atoms with Gasteiger partial charge >= 0.3 is 6.97 Å². The molecule has 5 heterocycles. The van der Waals surface area contributed by atoms with Gasteiger partial charge in [-0.2, -0.15) is 0 Å². The van der Waals surface area contributed by atoms with Gasteiger partial charge < -0.3 is 17.6 Å². The molecule has 0 N–H and O–H groups in total. The van der Waals surface area contributed by atoms with Crippen molar-refractivity contribution >= 4 is 52.7 Å². The van der Waals surface area contributed by atoms with E-state index in [1.807, 2.05) is 146 Å². The van der Waals surface area contributed by atoms with Crippen molar-refractivity contribution in [3.8, 4) is 39.3 Å². The van der Waals surface area contributed by atoms with Crippen LogP contribution in [0.2, 0.25) is 0 Å². The van der Waals surface area contributed by atoms with Crippen molar-refractivity contribution in [3.05, 3.63) is 220 Å². The zero-order valence-corrected chi connectivity index (χ0v) is 40.1. The normalized spacial score (nSPS) is 16.4. The van der Waals surface area contributed by atoms with Crippen molar-refractivity contribution in [1.29, 1.82) is 0 Å². The zero-order valence-electron chi connectivity index (χ0n) is 39.3. The lowest BCUT2D eigenvalue weighted by atomic mass is 9.77. The third-order valence-electron chi connectivity index (χ3n) is 13.3. The highest BCUT2D eigenvalue weighted by Crippen LogP contribution is 2.48. The Morgan fingerprint density at radius 3 is 1.70 bits per heavy atom. The predicted octanol–water partition coefficient (Wildman–Crippen LogP) is 15.1. The van der Waals surface area contributed by atoms with Crippen molar-refractivity contribution in [2.45, 2.75) is 58.5 Å². The quantitative estimate of drug-likeness (QED) is 0.136. The molecule has 3 aliphatic heterocycles. The molecule has 8 aromatic rings. The van der Waals surface area contributed by atoms with E-state index in [1.54, 1.807) is 11.3 Å². The summed E-state index contributed by atoms with van der Waals surface area (Å²) in [6.07, 6.45) is 1.28. The van der Waals surface area contributed by atoms with Crippen LogP contribution in [0.4, 0.5) is 14.4 Å². The number of aromatic nitrogens is 1.